The number of hydrogen-bond donors (Lipinski definition) is 3. The van der Waals surface area contributed by atoms with Crippen molar-refractivity contribution in [2.45, 2.75) is 13.5 Å². The highest BCUT2D eigenvalue weighted by Crippen LogP contribution is 2.10. The number of carbonyl (C=O) groups excluding carboxylic acids is 1. The molecule has 0 fully saturated rings. The lowest BCUT2D eigenvalue weighted by Gasteiger charge is -2.04. The summed E-state index contributed by atoms with van der Waals surface area (Å²) < 4.78 is 0. The first kappa shape index (κ1) is 9.70. The van der Waals surface area contributed by atoms with E-state index >= 15 is 0 Å². The fourth-order valence-electron chi connectivity index (χ4n) is 1.14. The SMILES string of the molecule is Cc1cc(CO)ccc1C(=O)NO. The van der Waals surface area contributed by atoms with E-state index in [2.05, 4.69) is 0 Å². The van der Waals surface area contributed by atoms with Gasteiger partial charge in [0.2, 0.25) is 0 Å². The largest absolute Gasteiger partial charge is 0.392 e. The van der Waals surface area contributed by atoms with E-state index in [0.29, 0.717) is 5.56 Å². The summed E-state index contributed by atoms with van der Waals surface area (Å²) in [4.78, 5) is 11.0. The zero-order valence-electron chi connectivity index (χ0n) is 7.24. The molecule has 70 valence electrons. The van der Waals surface area contributed by atoms with Gasteiger partial charge in [0.25, 0.3) is 5.91 Å². The third kappa shape index (κ3) is 2.05. The highest BCUT2D eigenvalue weighted by atomic mass is 16.5. The van der Waals surface area contributed by atoms with Crippen LogP contribution in [0.4, 0.5) is 0 Å². The summed E-state index contributed by atoms with van der Waals surface area (Å²) in [5, 5.41) is 17.2. The van der Waals surface area contributed by atoms with Crippen LogP contribution >= 0.6 is 0 Å². The minimum absolute atomic E-state index is 0.0537. The number of hydrogen-bond acceptors (Lipinski definition) is 3. The molecule has 0 heterocycles. The molecule has 13 heavy (non-hydrogen) atoms. The predicted octanol–water partition coefficient (Wildman–Crippen LogP) is 0.606. The van der Waals surface area contributed by atoms with Gasteiger partial charge in [-0.05, 0) is 24.1 Å². The van der Waals surface area contributed by atoms with Crippen molar-refractivity contribution in [3.8, 4) is 0 Å². The predicted molar refractivity (Wildman–Crippen MR) is 46.4 cm³/mol. The molecule has 0 aliphatic heterocycles. The Labute approximate surface area is 75.8 Å². The summed E-state index contributed by atoms with van der Waals surface area (Å²) >= 11 is 0. The Hall–Kier alpha value is -1.39. The van der Waals surface area contributed by atoms with Crippen LogP contribution in [0.2, 0.25) is 0 Å². The second-order valence-electron chi connectivity index (χ2n) is 2.75. The molecule has 0 atom stereocenters. The van der Waals surface area contributed by atoms with Crippen LogP contribution in [0.5, 0.6) is 0 Å². The van der Waals surface area contributed by atoms with Crippen LogP contribution in [0, 0.1) is 6.92 Å². The second-order valence-corrected chi connectivity index (χ2v) is 2.75. The molecular formula is C9H11NO3. The number of nitrogens with one attached hydrogen (secondary N) is 1. The molecule has 0 aliphatic rings. The Morgan fingerprint density at radius 3 is 2.69 bits per heavy atom. The van der Waals surface area contributed by atoms with Crippen LogP contribution in [0.25, 0.3) is 0 Å². The quantitative estimate of drug-likeness (QED) is 0.462. The summed E-state index contributed by atoms with van der Waals surface area (Å²) in [6, 6.07) is 4.90. The average Bonchev–Trinajstić information content (AvgIpc) is 2.16. The lowest BCUT2D eigenvalue weighted by Crippen LogP contribution is -2.19. The molecule has 0 aliphatic carbocycles. The molecule has 1 aromatic carbocycles. The highest BCUT2D eigenvalue weighted by molar-refractivity contribution is 5.94. The zero-order valence-corrected chi connectivity index (χ0v) is 7.24. The van der Waals surface area contributed by atoms with Crippen LogP contribution in [-0.2, 0) is 6.61 Å². The summed E-state index contributed by atoms with van der Waals surface area (Å²) in [6.45, 7) is 1.69. The first-order valence-electron chi connectivity index (χ1n) is 3.84. The lowest BCUT2D eigenvalue weighted by molar-refractivity contribution is 0.0705. The number of aliphatic hydroxyl groups is 1. The summed E-state index contributed by atoms with van der Waals surface area (Å²) in [7, 11) is 0. The van der Waals surface area contributed by atoms with E-state index in [1.54, 1.807) is 30.6 Å². The van der Waals surface area contributed by atoms with Crippen LogP contribution < -0.4 is 5.48 Å². The van der Waals surface area contributed by atoms with Crippen molar-refractivity contribution in [3.05, 3.63) is 34.9 Å². The molecule has 4 nitrogen and oxygen atoms in total. The van der Waals surface area contributed by atoms with Crippen molar-refractivity contribution in [2.24, 2.45) is 0 Å². The Bertz CT molecular complexity index is 323. The van der Waals surface area contributed by atoms with Gasteiger partial charge in [0.05, 0.1) is 6.61 Å². The number of amides is 1. The highest BCUT2D eigenvalue weighted by Gasteiger charge is 2.07. The number of aryl methyl sites for hydroxylation is 1. The molecule has 1 amide bonds. The summed E-state index contributed by atoms with van der Waals surface area (Å²) in [5.74, 6) is -0.540. The van der Waals surface area contributed by atoms with Gasteiger partial charge >= 0.3 is 0 Å². The number of carbonyl (C=O) groups is 1. The van der Waals surface area contributed by atoms with E-state index in [1.165, 1.54) is 0 Å². The molecular weight excluding hydrogens is 170 g/mol. The molecule has 4 heteroatoms. The monoisotopic (exact) mass is 181 g/mol. The molecule has 0 radical (unpaired) electrons. The van der Waals surface area contributed by atoms with Crippen LogP contribution in [-0.4, -0.2) is 16.2 Å². The molecule has 0 saturated carbocycles. The molecule has 1 aromatic rings. The van der Waals surface area contributed by atoms with E-state index < -0.39 is 5.91 Å². The number of benzene rings is 1. The second kappa shape index (κ2) is 4.02. The minimum Gasteiger partial charge on any atom is -0.392 e. The Balaban J connectivity index is 3.05. The molecule has 0 unspecified atom stereocenters. The van der Waals surface area contributed by atoms with Crippen molar-refractivity contribution >= 4 is 5.91 Å². The van der Waals surface area contributed by atoms with Crippen molar-refractivity contribution in [1.82, 2.24) is 5.48 Å². The van der Waals surface area contributed by atoms with Crippen molar-refractivity contribution in [2.75, 3.05) is 0 Å². The van der Waals surface area contributed by atoms with E-state index in [4.69, 9.17) is 10.3 Å². The maximum atomic E-state index is 11.0. The number of aliphatic hydroxyl groups excluding tert-OH is 1. The van der Waals surface area contributed by atoms with Gasteiger partial charge in [-0.2, -0.15) is 0 Å². The van der Waals surface area contributed by atoms with E-state index in [-0.39, 0.29) is 6.61 Å². The topological polar surface area (TPSA) is 69.6 Å². The fraction of sp³-hybridized carbons (Fsp3) is 0.222. The number of rotatable bonds is 2. The fourth-order valence-corrected chi connectivity index (χ4v) is 1.14. The maximum Gasteiger partial charge on any atom is 0.274 e. The smallest absolute Gasteiger partial charge is 0.274 e. The van der Waals surface area contributed by atoms with Gasteiger partial charge in [0, 0.05) is 5.56 Å². The van der Waals surface area contributed by atoms with Gasteiger partial charge in [-0.15, -0.1) is 0 Å². The van der Waals surface area contributed by atoms with E-state index in [0.717, 1.165) is 11.1 Å². The van der Waals surface area contributed by atoms with E-state index in [9.17, 15) is 4.79 Å². The van der Waals surface area contributed by atoms with Gasteiger partial charge in [0.15, 0.2) is 0 Å². The minimum atomic E-state index is -0.540. The molecule has 1 rings (SSSR count). The first-order chi connectivity index (χ1) is 6.19. The standard InChI is InChI=1S/C9H11NO3/c1-6-4-7(5-11)2-3-8(6)9(12)10-13/h2-4,11,13H,5H2,1H3,(H,10,12). The first-order valence-corrected chi connectivity index (χ1v) is 3.84. The van der Waals surface area contributed by atoms with Crippen LogP contribution in [0.15, 0.2) is 18.2 Å². The van der Waals surface area contributed by atoms with Gasteiger partial charge in [-0.25, -0.2) is 5.48 Å². The summed E-state index contributed by atoms with van der Waals surface area (Å²) in [5.41, 5.74) is 3.42. The van der Waals surface area contributed by atoms with Crippen molar-refractivity contribution < 1.29 is 15.1 Å². The van der Waals surface area contributed by atoms with Gasteiger partial charge in [0.1, 0.15) is 0 Å². The maximum absolute atomic E-state index is 11.0. The zero-order chi connectivity index (χ0) is 9.84. The Morgan fingerprint density at radius 2 is 2.23 bits per heavy atom. The Kier molecular flexibility index (Phi) is 3.00. The van der Waals surface area contributed by atoms with Crippen LogP contribution in [0.1, 0.15) is 21.5 Å². The third-order valence-corrected chi connectivity index (χ3v) is 1.82. The summed E-state index contributed by atoms with van der Waals surface area (Å²) in [6.07, 6.45) is 0. The Morgan fingerprint density at radius 1 is 1.54 bits per heavy atom. The molecule has 0 saturated heterocycles. The van der Waals surface area contributed by atoms with Crippen LogP contribution in [0.3, 0.4) is 0 Å². The average molecular weight is 181 g/mol. The molecule has 0 bridgehead atoms. The molecule has 3 N–H and O–H groups in total. The van der Waals surface area contributed by atoms with Crippen molar-refractivity contribution in [1.29, 1.82) is 0 Å². The van der Waals surface area contributed by atoms with Gasteiger partial charge < -0.3 is 5.11 Å². The van der Waals surface area contributed by atoms with E-state index in [1.807, 2.05) is 0 Å². The van der Waals surface area contributed by atoms with Gasteiger partial charge in [-0.3, -0.25) is 10.0 Å². The van der Waals surface area contributed by atoms with Crippen molar-refractivity contribution in [3.63, 3.8) is 0 Å². The normalized spacial score (nSPS) is 9.77. The molecule has 0 spiro atoms. The number of hydroxylamine groups is 1. The van der Waals surface area contributed by atoms with Gasteiger partial charge in [-0.1, -0.05) is 12.1 Å². The third-order valence-electron chi connectivity index (χ3n) is 1.82. The molecule has 0 aromatic heterocycles. The lowest BCUT2D eigenvalue weighted by atomic mass is 10.1.